The Balaban J connectivity index is 2.09. The third-order valence-electron chi connectivity index (χ3n) is 3.64. The second kappa shape index (κ2) is 9.62. The fraction of sp³-hybridized carbons (Fsp3) is 0.333. The minimum Gasteiger partial charge on any atom is -0.447 e. The molecule has 2 rings (SSSR count). The highest BCUT2D eigenvalue weighted by Gasteiger charge is 2.17. The molecule has 6 nitrogen and oxygen atoms in total. The predicted molar refractivity (Wildman–Crippen MR) is 107 cm³/mol. The van der Waals surface area contributed by atoms with Gasteiger partial charge in [-0.05, 0) is 51.5 Å². The lowest BCUT2D eigenvalue weighted by Crippen LogP contribution is -2.34. The summed E-state index contributed by atoms with van der Waals surface area (Å²) in [6.07, 6.45) is -0.447. The molecular weight excluding hydrogens is 344 g/mol. The molecular formula is C21H26N2O4. The fourth-order valence-electron chi connectivity index (χ4n) is 2.43. The number of amides is 2. The van der Waals surface area contributed by atoms with Gasteiger partial charge in [0.2, 0.25) is 0 Å². The second-order valence-electron chi connectivity index (χ2n) is 6.46. The quantitative estimate of drug-likeness (QED) is 0.742. The van der Waals surface area contributed by atoms with Crippen molar-refractivity contribution in [3.05, 3.63) is 54.1 Å². The Morgan fingerprint density at radius 3 is 2.44 bits per heavy atom. The van der Waals surface area contributed by atoms with E-state index in [1.165, 1.54) is 0 Å². The minimum absolute atomic E-state index is 0.219. The molecule has 0 bridgehead atoms. The van der Waals surface area contributed by atoms with E-state index in [4.69, 9.17) is 9.47 Å². The number of benzene rings is 2. The summed E-state index contributed by atoms with van der Waals surface area (Å²) < 4.78 is 10.6. The van der Waals surface area contributed by atoms with Gasteiger partial charge in [-0.15, -0.1) is 0 Å². The molecule has 2 aromatic rings. The van der Waals surface area contributed by atoms with E-state index < -0.39 is 12.2 Å². The van der Waals surface area contributed by atoms with Crippen LogP contribution in [0, 0.1) is 6.92 Å². The zero-order valence-corrected chi connectivity index (χ0v) is 16.2. The van der Waals surface area contributed by atoms with Gasteiger partial charge in [0.15, 0.2) is 0 Å². The van der Waals surface area contributed by atoms with Crippen molar-refractivity contribution in [3.63, 3.8) is 0 Å². The van der Waals surface area contributed by atoms with Gasteiger partial charge in [-0.25, -0.2) is 9.59 Å². The molecule has 0 saturated heterocycles. The van der Waals surface area contributed by atoms with Crippen LogP contribution in [0.25, 0.3) is 0 Å². The third kappa shape index (κ3) is 6.33. The molecule has 0 saturated carbocycles. The Kier molecular flexibility index (Phi) is 7.23. The summed E-state index contributed by atoms with van der Waals surface area (Å²) in [5, 5.41) is 2.61. The molecule has 27 heavy (non-hydrogen) atoms. The lowest BCUT2D eigenvalue weighted by atomic mass is 10.2. The van der Waals surface area contributed by atoms with Crippen LogP contribution in [-0.4, -0.2) is 24.8 Å². The summed E-state index contributed by atoms with van der Waals surface area (Å²) in [5.41, 5.74) is 2.39. The van der Waals surface area contributed by atoms with Gasteiger partial charge in [-0.3, -0.25) is 10.2 Å². The van der Waals surface area contributed by atoms with Crippen molar-refractivity contribution in [1.29, 1.82) is 0 Å². The summed E-state index contributed by atoms with van der Waals surface area (Å²) >= 11 is 0. The van der Waals surface area contributed by atoms with Crippen molar-refractivity contribution in [2.75, 3.05) is 16.8 Å². The van der Waals surface area contributed by atoms with Gasteiger partial charge in [0.25, 0.3) is 0 Å². The number of hydrogen-bond acceptors (Lipinski definition) is 4. The molecule has 0 aromatic heterocycles. The number of carbonyl (C=O) groups is 2. The molecule has 1 N–H and O–H groups in total. The van der Waals surface area contributed by atoms with Gasteiger partial charge < -0.3 is 9.47 Å². The maximum Gasteiger partial charge on any atom is 0.419 e. The number of hydrogen-bond donors (Lipinski definition) is 1. The zero-order chi connectivity index (χ0) is 19.8. The van der Waals surface area contributed by atoms with Crippen LogP contribution in [0.2, 0.25) is 0 Å². The van der Waals surface area contributed by atoms with E-state index in [0.717, 1.165) is 17.7 Å². The molecule has 0 spiro atoms. The first-order valence-corrected chi connectivity index (χ1v) is 9.02. The van der Waals surface area contributed by atoms with Crippen molar-refractivity contribution in [1.82, 2.24) is 0 Å². The van der Waals surface area contributed by atoms with Gasteiger partial charge in [0.05, 0.1) is 6.10 Å². The van der Waals surface area contributed by atoms with Crippen LogP contribution in [0.15, 0.2) is 48.5 Å². The smallest absolute Gasteiger partial charge is 0.419 e. The van der Waals surface area contributed by atoms with E-state index in [-0.39, 0.29) is 6.10 Å². The molecule has 0 aliphatic rings. The molecule has 6 heteroatoms. The van der Waals surface area contributed by atoms with E-state index >= 15 is 0 Å². The largest absolute Gasteiger partial charge is 0.447 e. The maximum absolute atomic E-state index is 12.7. The molecule has 0 radical (unpaired) electrons. The number of nitrogens with zero attached hydrogens (tertiary/aromatic N) is 1. The summed E-state index contributed by atoms with van der Waals surface area (Å²) in [5.74, 6) is 0.343. The first-order chi connectivity index (χ1) is 12.9. The molecule has 0 atom stereocenters. The van der Waals surface area contributed by atoms with Crippen LogP contribution < -0.4 is 15.0 Å². The lowest BCUT2D eigenvalue weighted by Gasteiger charge is -2.22. The Morgan fingerprint density at radius 1 is 1.11 bits per heavy atom. The maximum atomic E-state index is 12.7. The highest BCUT2D eigenvalue weighted by molar-refractivity contribution is 5.89. The standard InChI is InChI=1S/C21H26N2O4/c1-5-13-23(18-11-9-16(4)10-12-18)21(25)27-19-8-6-7-17(14-19)22-20(24)26-15(2)3/h6-12,14-15H,5,13H2,1-4H3,(H,22,24). The predicted octanol–water partition coefficient (Wildman–Crippen LogP) is 5.37. The average Bonchev–Trinajstić information content (AvgIpc) is 2.60. The average molecular weight is 370 g/mol. The van der Waals surface area contributed by atoms with E-state index in [1.807, 2.05) is 38.1 Å². The Bertz CT molecular complexity index is 772. The molecule has 0 unspecified atom stereocenters. The van der Waals surface area contributed by atoms with E-state index in [2.05, 4.69) is 5.32 Å². The van der Waals surface area contributed by atoms with Crippen LogP contribution in [0.1, 0.15) is 32.8 Å². The summed E-state index contributed by atoms with van der Waals surface area (Å²) in [6.45, 7) is 8.07. The molecule has 0 aliphatic heterocycles. The van der Waals surface area contributed by atoms with Crippen LogP contribution in [0.5, 0.6) is 5.75 Å². The van der Waals surface area contributed by atoms with Crippen molar-refractivity contribution in [2.24, 2.45) is 0 Å². The van der Waals surface area contributed by atoms with Crippen molar-refractivity contribution >= 4 is 23.6 Å². The number of aryl methyl sites for hydroxylation is 1. The van der Waals surface area contributed by atoms with E-state index in [1.54, 1.807) is 43.0 Å². The van der Waals surface area contributed by atoms with Crippen LogP contribution >= 0.6 is 0 Å². The molecule has 2 amide bonds. The monoisotopic (exact) mass is 370 g/mol. The first kappa shape index (κ1) is 20.3. The van der Waals surface area contributed by atoms with Gasteiger partial charge >= 0.3 is 12.2 Å². The molecule has 0 fully saturated rings. The molecule has 144 valence electrons. The van der Waals surface area contributed by atoms with Crippen molar-refractivity contribution in [3.8, 4) is 5.75 Å². The summed E-state index contributed by atoms with van der Waals surface area (Å²) in [4.78, 5) is 26.0. The first-order valence-electron chi connectivity index (χ1n) is 9.02. The third-order valence-corrected chi connectivity index (χ3v) is 3.64. The SMILES string of the molecule is CCCN(C(=O)Oc1cccc(NC(=O)OC(C)C)c1)c1ccc(C)cc1. The van der Waals surface area contributed by atoms with E-state index in [9.17, 15) is 9.59 Å². The van der Waals surface area contributed by atoms with Gasteiger partial charge in [0.1, 0.15) is 5.75 Å². The number of nitrogens with one attached hydrogen (secondary N) is 1. The minimum atomic E-state index is -0.555. The number of rotatable bonds is 6. The highest BCUT2D eigenvalue weighted by Crippen LogP contribution is 2.21. The Labute approximate surface area is 160 Å². The molecule has 0 aliphatic carbocycles. The second-order valence-corrected chi connectivity index (χ2v) is 6.46. The van der Waals surface area contributed by atoms with Crippen LogP contribution in [-0.2, 0) is 4.74 Å². The van der Waals surface area contributed by atoms with Gasteiger partial charge in [0, 0.05) is 24.0 Å². The van der Waals surface area contributed by atoms with Crippen molar-refractivity contribution in [2.45, 2.75) is 40.2 Å². The number of carbonyl (C=O) groups excluding carboxylic acids is 2. The summed E-state index contributed by atoms with van der Waals surface area (Å²) in [7, 11) is 0. The van der Waals surface area contributed by atoms with Crippen molar-refractivity contribution < 1.29 is 19.1 Å². The Hall–Kier alpha value is -3.02. The number of anilines is 2. The topological polar surface area (TPSA) is 67.9 Å². The molecule has 0 heterocycles. The Morgan fingerprint density at radius 2 is 1.81 bits per heavy atom. The van der Waals surface area contributed by atoms with Crippen LogP contribution in [0.3, 0.4) is 0 Å². The normalized spacial score (nSPS) is 10.4. The lowest BCUT2D eigenvalue weighted by molar-refractivity contribution is 0.130. The van der Waals surface area contributed by atoms with Gasteiger partial charge in [-0.2, -0.15) is 0 Å². The zero-order valence-electron chi connectivity index (χ0n) is 16.2. The highest BCUT2D eigenvalue weighted by atomic mass is 16.6. The summed E-state index contributed by atoms with van der Waals surface area (Å²) in [6, 6.07) is 14.3. The van der Waals surface area contributed by atoms with Crippen LogP contribution in [0.4, 0.5) is 21.0 Å². The van der Waals surface area contributed by atoms with Gasteiger partial charge in [-0.1, -0.05) is 30.7 Å². The van der Waals surface area contributed by atoms with E-state index in [0.29, 0.717) is 18.0 Å². The number of ether oxygens (including phenoxy) is 2. The molecule has 2 aromatic carbocycles. The fourth-order valence-corrected chi connectivity index (χ4v) is 2.43.